The fourth-order valence-corrected chi connectivity index (χ4v) is 1.50. The van der Waals surface area contributed by atoms with Crippen LogP contribution in [-0.4, -0.2) is 23.9 Å². The van der Waals surface area contributed by atoms with Crippen LogP contribution in [0.15, 0.2) is 34.5 Å². The maximum Gasteiger partial charge on any atom is 0.343 e. The average Bonchev–Trinajstić information content (AvgIpc) is 2.33. The van der Waals surface area contributed by atoms with E-state index in [2.05, 4.69) is 4.99 Å². The van der Waals surface area contributed by atoms with Gasteiger partial charge in [0.2, 0.25) is 0 Å². The SMILES string of the molecule is CCOC(=O)/C(C=Nc1ccc(Cl)c(Cl)c1)=C(/C)O. The quantitative estimate of drug-likeness (QED) is 0.394. The van der Waals surface area contributed by atoms with Gasteiger partial charge in [-0.2, -0.15) is 0 Å². The molecular weight excluding hydrogens is 289 g/mol. The number of aliphatic imine (C=N–C) groups is 1. The normalized spacial score (nSPS) is 12.4. The van der Waals surface area contributed by atoms with Gasteiger partial charge in [-0.3, -0.25) is 4.99 Å². The summed E-state index contributed by atoms with van der Waals surface area (Å²) in [5, 5.41) is 10.2. The number of esters is 1. The summed E-state index contributed by atoms with van der Waals surface area (Å²) >= 11 is 11.6. The Labute approximate surface area is 121 Å². The fourth-order valence-electron chi connectivity index (χ4n) is 1.21. The van der Waals surface area contributed by atoms with Gasteiger partial charge in [0.05, 0.1) is 22.3 Å². The van der Waals surface area contributed by atoms with Crippen molar-refractivity contribution in [1.82, 2.24) is 0 Å². The highest BCUT2D eigenvalue weighted by atomic mass is 35.5. The smallest absolute Gasteiger partial charge is 0.343 e. The van der Waals surface area contributed by atoms with Crippen molar-refractivity contribution in [2.24, 2.45) is 4.99 Å². The molecule has 0 aromatic heterocycles. The molecule has 0 aliphatic rings. The highest BCUT2D eigenvalue weighted by molar-refractivity contribution is 6.42. The molecule has 1 aromatic carbocycles. The van der Waals surface area contributed by atoms with Crippen LogP contribution in [0.25, 0.3) is 0 Å². The van der Waals surface area contributed by atoms with Crippen molar-refractivity contribution in [1.29, 1.82) is 0 Å². The molecule has 0 heterocycles. The number of rotatable bonds is 4. The van der Waals surface area contributed by atoms with Gasteiger partial charge in [0.15, 0.2) is 0 Å². The molecule has 0 saturated carbocycles. The van der Waals surface area contributed by atoms with E-state index in [-0.39, 0.29) is 17.9 Å². The second kappa shape index (κ2) is 7.16. The van der Waals surface area contributed by atoms with E-state index in [1.54, 1.807) is 25.1 Å². The lowest BCUT2D eigenvalue weighted by Gasteiger charge is -2.03. The van der Waals surface area contributed by atoms with E-state index in [0.717, 1.165) is 0 Å². The Hall–Kier alpha value is -1.52. The Morgan fingerprint density at radius 1 is 1.42 bits per heavy atom. The Kier molecular flexibility index (Phi) is 5.86. The average molecular weight is 302 g/mol. The minimum Gasteiger partial charge on any atom is -0.512 e. The molecule has 0 amide bonds. The van der Waals surface area contributed by atoms with E-state index in [9.17, 15) is 9.90 Å². The molecule has 1 aromatic rings. The van der Waals surface area contributed by atoms with Gasteiger partial charge in [-0.15, -0.1) is 0 Å². The maximum atomic E-state index is 11.5. The summed E-state index contributed by atoms with van der Waals surface area (Å²) in [7, 11) is 0. The predicted molar refractivity (Wildman–Crippen MR) is 76.6 cm³/mol. The molecule has 0 saturated heterocycles. The molecule has 0 bridgehead atoms. The van der Waals surface area contributed by atoms with Crippen LogP contribution in [0.4, 0.5) is 5.69 Å². The van der Waals surface area contributed by atoms with Crippen LogP contribution in [0.1, 0.15) is 13.8 Å². The van der Waals surface area contributed by atoms with Crippen LogP contribution in [0.3, 0.4) is 0 Å². The van der Waals surface area contributed by atoms with Crippen LogP contribution in [0, 0.1) is 0 Å². The predicted octanol–water partition coefficient (Wildman–Crippen LogP) is 4.09. The highest BCUT2D eigenvalue weighted by Gasteiger charge is 2.11. The number of aliphatic hydroxyl groups excluding tert-OH is 1. The molecule has 0 unspecified atom stereocenters. The zero-order chi connectivity index (χ0) is 14.4. The summed E-state index contributed by atoms with van der Waals surface area (Å²) in [4.78, 5) is 15.6. The number of carbonyl (C=O) groups excluding carboxylic acids is 1. The number of nitrogens with zero attached hydrogens (tertiary/aromatic N) is 1. The second-order valence-corrected chi connectivity index (χ2v) is 4.39. The molecule has 0 radical (unpaired) electrons. The van der Waals surface area contributed by atoms with Crippen molar-refractivity contribution < 1.29 is 14.6 Å². The van der Waals surface area contributed by atoms with Crippen molar-refractivity contribution >= 4 is 41.1 Å². The van der Waals surface area contributed by atoms with Gasteiger partial charge in [0.1, 0.15) is 11.3 Å². The first kappa shape index (κ1) is 15.5. The summed E-state index contributed by atoms with van der Waals surface area (Å²) in [5.74, 6) is -0.798. The molecule has 0 fully saturated rings. The number of ether oxygens (including phenoxy) is 1. The van der Waals surface area contributed by atoms with Crippen LogP contribution < -0.4 is 0 Å². The molecule has 0 aliphatic heterocycles. The number of allylic oxidation sites excluding steroid dienone is 1. The largest absolute Gasteiger partial charge is 0.512 e. The van der Waals surface area contributed by atoms with Crippen molar-refractivity contribution in [3.05, 3.63) is 39.6 Å². The van der Waals surface area contributed by atoms with Gasteiger partial charge in [-0.05, 0) is 32.0 Å². The monoisotopic (exact) mass is 301 g/mol. The number of hydrogen-bond acceptors (Lipinski definition) is 4. The molecule has 4 nitrogen and oxygen atoms in total. The molecule has 1 rings (SSSR count). The van der Waals surface area contributed by atoms with Crippen LogP contribution in [0.2, 0.25) is 10.0 Å². The molecule has 102 valence electrons. The van der Waals surface area contributed by atoms with Crippen molar-refractivity contribution in [3.8, 4) is 0 Å². The summed E-state index contributed by atoms with van der Waals surface area (Å²) < 4.78 is 4.80. The third-order valence-corrected chi connectivity index (χ3v) is 2.87. The minimum absolute atomic E-state index is 0.00655. The third kappa shape index (κ3) is 4.58. The van der Waals surface area contributed by atoms with Crippen LogP contribution in [0.5, 0.6) is 0 Å². The van der Waals surface area contributed by atoms with Crippen molar-refractivity contribution in [2.45, 2.75) is 13.8 Å². The molecule has 1 N–H and O–H groups in total. The Morgan fingerprint density at radius 2 is 2.11 bits per heavy atom. The number of aliphatic hydroxyl groups is 1. The molecular formula is C13H13Cl2NO3. The first-order valence-electron chi connectivity index (χ1n) is 5.51. The summed E-state index contributed by atoms with van der Waals surface area (Å²) in [5.41, 5.74) is 0.505. The van der Waals surface area contributed by atoms with Crippen molar-refractivity contribution in [2.75, 3.05) is 6.61 Å². The van der Waals surface area contributed by atoms with Gasteiger partial charge in [0.25, 0.3) is 0 Å². The minimum atomic E-state index is -0.633. The molecule has 0 aliphatic carbocycles. The Balaban J connectivity index is 2.97. The van der Waals surface area contributed by atoms with E-state index in [1.165, 1.54) is 13.1 Å². The van der Waals surface area contributed by atoms with E-state index in [4.69, 9.17) is 27.9 Å². The highest BCUT2D eigenvalue weighted by Crippen LogP contribution is 2.26. The standard InChI is InChI=1S/C13H13Cl2NO3/c1-3-19-13(18)10(8(2)17)7-16-9-4-5-11(14)12(15)6-9/h4-7,17H,3H2,1-2H3/b10-8-,16-7?. The van der Waals surface area contributed by atoms with Gasteiger partial charge in [-0.25, -0.2) is 4.79 Å². The van der Waals surface area contributed by atoms with E-state index in [0.29, 0.717) is 15.7 Å². The van der Waals surface area contributed by atoms with Crippen LogP contribution >= 0.6 is 23.2 Å². The number of halogens is 2. The first-order valence-corrected chi connectivity index (χ1v) is 6.27. The third-order valence-electron chi connectivity index (χ3n) is 2.13. The second-order valence-electron chi connectivity index (χ2n) is 3.58. The van der Waals surface area contributed by atoms with Gasteiger partial charge in [0, 0.05) is 6.21 Å². The lowest BCUT2D eigenvalue weighted by Crippen LogP contribution is -2.10. The molecule has 0 spiro atoms. The fraction of sp³-hybridized carbons (Fsp3) is 0.231. The molecule has 0 atom stereocenters. The lowest BCUT2D eigenvalue weighted by atomic mass is 10.2. The first-order chi connectivity index (χ1) is 8.95. The summed E-state index contributed by atoms with van der Waals surface area (Å²) in [6.07, 6.45) is 1.23. The Morgan fingerprint density at radius 3 is 2.63 bits per heavy atom. The van der Waals surface area contributed by atoms with Crippen molar-refractivity contribution in [3.63, 3.8) is 0 Å². The topological polar surface area (TPSA) is 58.9 Å². The number of benzene rings is 1. The van der Waals surface area contributed by atoms with Crippen LogP contribution in [-0.2, 0) is 9.53 Å². The molecule has 6 heteroatoms. The molecule has 19 heavy (non-hydrogen) atoms. The lowest BCUT2D eigenvalue weighted by molar-refractivity contribution is -0.138. The van der Waals surface area contributed by atoms with E-state index < -0.39 is 5.97 Å². The van der Waals surface area contributed by atoms with E-state index >= 15 is 0 Å². The number of carbonyl (C=O) groups is 1. The number of hydrogen-bond donors (Lipinski definition) is 1. The Bertz CT molecular complexity index is 535. The zero-order valence-corrected chi connectivity index (χ0v) is 12.0. The van der Waals surface area contributed by atoms with E-state index in [1.807, 2.05) is 0 Å². The maximum absolute atomic E-state index is 11.5. The van der Waals surface area contributed by atoms with Gasteiger partial charge >= 0.3 is 5.97 Å². The zero-order valence-electron chi connectivity index (χ0n) is 10.5. The summed E-state index contributed by atoms with van der Waals surface area (Å²) in [6, 6.07) is 4.78. The van der Waals surface area contributed by atoms with Gasteiger partial charge in [-0.1, -0.05) is 23.2 Å². The van der Waals surface area contributed by atoms with Gasteiger partial charge < -0.3 is 9.84 Å². The summed E-state index contributed by atoms with van der Waals surface area (Å²) in [6.45, 7) is 3.28.